The maximum absolute atomic E-state index is 12.4. The third-order valence-electron chi connectivity index (χ3n) is 2.48. The number of carbonyl (C=O) groups is 1. The van der Waals surface area contributed by atoms with Crippen LogP contribution in [0.25, 0.3) is 0 Å². The maximum Gasteiger partial charge on any atom is 0.255 e. The SMILES string of the molecule is COCCN(CCC(N)=S)C(=O)c1ccncc1Cl. The topological polar surface area (TPSA) is 68.5 Å². The number of thiocarbonyl (C=S) groups is 1. The van der Waals surface area contributed by atoms with E-state index in [1.165, 1.54) is 12.4 Å². The van der Waals surface area contributed by atoms with E-state index >= 15 is 0 Å². The maximum atomic E-state index is 12.4. The first-order valence-corrected chi connectivity index (χ1v) is 6.51. The molecule has 0 bridgehead atoms. The standard InChI is InChI=1S/C12H16ClN3O2S/c1-18-7-6-16(5-3-11(14)19)12(17)9-2-4-15-8-10(9)13/h2,4,8H,3,5-7H2,1H3,(H2,14,19). The van der Waals surface area contributed by atoms with Crippen LogP contribution < -0.4 is 5.73 Å². The summed E-state index contributed by atoms with van der Waals surface area (Å²) in [6, 6.07) is 1.59. The lowest BCUT2D eigenvalue weighted by Gasteiger charge is -2.22. The Morgan fingerprint density at radius 1 is 1.58 bits per heavy atom. The summed E-state index contributed by atoms with van der Waals surface area (Å²) >= 11 is 10.8. The van der Waals surface area contributed by atoms with Crippen molar-refractivity contribution < 1.29 is 9.53 Å². The van der Waals surface area contributed by atoms with E-state index in [-0.39, 0.29) is 5.91 Å². The van der Waals surface area contributed by atoms with Crippen molar-refractivity contribution in [1.82, 2.24) is 9.88 Å². The Morgan fingerprint density at radius 3 is 2.89 bits per heavy atom. The van der Waals surface area contributed by atoms with Gasteiger partial charge < -0.3 is 15.4 Å². The van der Waals surface area contributed by atoms with Gasteiger partial charge in [0.15, 0.2) is 0 Å². The highest BCUT2D eigenvalue weighted by molar-refractivity contribution is 7.80. The minimum atomic E-state index is -0.180. The molecule has 0 aromatic carbocycles. The second-order valence-corrected chi connectivity index (χ2v) is 4.79. The Kier molecular flexibility index (Phi) is 6.69. The Labute approximate surface area is 122 Å². The van der Waals surface area contributed by atoms with Gasteiger partial charge in [-0.25, -0.2) is 0 Å². The molecule has 0 atom stereocenters. The van der Waals surface area contributed by atoms with E-state index in [0.717, 1.165) is 0 Å². The van der Waals surface area contributed by atoms with Crippen LogP contribution in [0, 0.1) is 0 Å². The zero-order chi connectivity index (χ0) is 14.3. The highest BCUT2D eigenvalue weighted by Gasteiger charge is 2.18. The lowest BCUT2D eigenvalue weighted by Crippen LogP contribution is -2.36. The van der Waals surface area contributed by atoms with Crippen molar-refractivity contribution in [3.05, 3.63) is 29.0 Å². The second-order valence-electron chi connectivity index (χ2n) is 3.86. The molecule has 1 rings (SSSR count). The average molecular weight is 302 g/mol. The van der Waals surface area contributed by atoms with Crippen LogP contribution in [0.4, 0.5) is 0 Å². The highest BCUT2D eigenvalue weighted by atomic mass is 35.5. The van der Waals surface area contributed by atoms with Crippen molar-refractivity contribution in [3.63, 3.8) is 0 Å². The Balaban J connectivity index is 2.81. The van der Waals surface area contributed by atoms with Crippen LogP contribution in [-0.4, -0.2) is 47.6 Å². The summed E-state index contributed by atoms with van der Waals surface area (Å²) in [5, 5.41) is 0.324. The number of carbonyl (C=O) groups excluding carboxylic acids is 1. The Hall–Kier alpha value is -1.24. The fraction of sp³-hybridized carbons (Fsp3) is 0.417. The number of pyridine rings is 1. The Morgan fingerprint density at radius 2 is 2.32 bits per heavy atom. The molecule has 104 valence electrons. The molecule has 0 aliphatic rings. The molecule has 0 fully saturated rings. The molecule has 1 heterocycles. The predicted octanol–water partition coefficient (Wildman–Crippen LogP) is 1.50. The van der Waals surface area contributed by atoms with Crippen LogP contribution in [0.1, 0.15) is 16.8 Å². The first-order chi connectivity index (χ1) is 9.06. The van der Waals surface area contributed by atoms with Crippen molar-refractivity contribution in [2.24, 2.45) is 5.73 Å². The third-order valence-corrected chi connectivity index (χ3v) is 2.99. The first-order valence-electron chi connectivity index (χ1n) is 5.72. The number of nitrogens with zero attached hydrogens (tertiary/aromatic N) is 2. The molecular formula is C12H16ClN3O2S. The molecule has 1 aromatic rings. The van der Waals surface area contributed by atoms with E-state index in [9.17, 15) is 4.79 Å². The molecule has 5 nitrogen and oxygen atoms in total. The summed E-state index contributed by atoms with van der Waals surface area (Å²) in [7, 11) is 1.58. The minimum absolute atomic E-state index is 0.180. The van der Waals surface area contributed by atoms with Crippen molar-refractivity contribution in [2.45, 2.75) is 6.42 Å². The number of nitrogens with two attached hydrogens (primary N) is 1. The molecule has 1 aromatic heterocycles. The van der Waals surface area contributed by atoms with E-state index in [0.29, 0.717) is 41.7 Å². The van der Waals surface area contributed by atoms with Gasteiger partial charge >= 0.3 is 0 Å². The molecule has 0 aliphatic carbocycles. The first kappa shape index (κ1) is 15.8. The zero-order valence-electron chi connectivity index (χ0n) is 10.6. The number of hydrogen-bond donors (Lipinski definition) is 1. The molecule has 0 unspecified atom stereocenters. The summed E-state index contributed by atoms with van der Waals surface area (Å²) < 4.78 is 4.99. The van der Waals surface area contributed by atoms with Crippen LogP contribution in [0.15, 0.2) is 18.5 Å². The number of aromatic nitrogens is 1. The molecule has 0 saturated heterocycles. The average Bonchev–Trinajstić information content (AvgIpc) is 2.38. The van der Waals surface area contributed by atoms with Crippen LogP contribution >= 0.6 is 23.8 Å². The largest absolute Gasteiger partial charge is 0.393 e. The molecule has 0 aliphatic heterocycles. The molecule has 0 spiro atoms. The fourth-order valence-corrected chi connectivity index (χ4v) is 1.77. The second kappa shape index (κ2) is 8.04. The van der Waals surface area contributed by atoms with Crippen molar-refractivity contribution in [3.8, 4) is 0 Å². The lowest BCUT2D eigenvalue weighted by atomic mass is 10.2. The molecule has 1 amide bonds. The normalized spacial score (nSPS) is 10.2. The van der Waals surface area contributed by atoms with E-state index in [1.807, 2.05) is 0 Å². The quantitative estimate of drug-likeness (QED) is 0.773. The summed E-state index contributed by atoms with van der Waals surface area (Å²) in [5.74, 6) is -0.180. The predicted molar refractivity (Wildman–Crippen MR) is 78.4 cm³/mol. The van der Waals surface area contributed by atoms with Gasteiger partial charge in [-0.2, -0.15) is 0 Å². The van der Waals surface area contributed by atoms with Crippen LogP contribution in [0.3, 0.4) is 0 Å². The van der Waals surface area contributed by atoms with E-state index in [1.54, 1.807) is 18.1 Å². The van der Waals surface area contributed by atoms with Gasteiger partial charge in [0.2, 0.25) is 0 Å². The van der Waals surface area contributed by atoms with E-state index < -0.39 is 0 Å². The summed E-state index contributed by atoms with van der Waals surface area (Å²) in [6.45, 7) is 1.33. The number of methoxy groups -OCH3 is 1. The van der Waals surface area contributed by atoms with Gasteiger partial charge in [0.05, 0.1) is 22.2 Å². The number of rotatable bonds is 7. The van der Waals surface area contributed by atoms with Crippen molar-refractivity contribution in [2.75, 3.05) is 26.8 Å². The van der Waals surface area contributed by atoms with Gasteiger partial charge in [0.1, 0.15) is 0 Å². The smallest absolute Gasteiger partial charge is 0.255 e. The molecular weight excluding hydrogens is 286 g/mol. The molecule has 0 saturated carbocycles. The van der Waals surface area contributed by atoms with Gasteiger partial charge in [-0.05, 0) is 6.07 Å². The van der Waals surface area contributed by atoms with E-state index in [4.69, 9.17) is 34.3 Å². The third kappa shape index (κ3) is 5.10. The summed E-state index contributed by atoms with van der Waals surface area (Å²) in [5.41, 5.74) is 5.88. The van der Waals surface area contributed by atoms with Gasteiger partial charge in [-0.1, -0.05) is 23.8 Å². The molecule has 19 heavy (non-hydrogen) atoms. The zero-order valence-corrected chi connectivity index (χ0v) is 12.2. The number of hydrogen-bond acceptors (Lipinski definition) is 4. The van der Waals surface area contributed by atoms with Crippen LogP contribution in [0.2, 0.25) is 5.02 Å². The molecule has 0 radical (unpaired) electrons. The number of amides is 1. The molecule has 2 N–H and O–H groups in total. The van der Waals surface area contributed by atoms with E-state index in [2.05, 4.69) is 4.98 Å². The minimum Gasteiger partial charge on any atom is -0.393 e. The van der Waals surface area contributed by atoms with Crippen molar-refractivity contribution >= 4 is 34.7 Å². The van der Waals surface area contributed by atoms with Gasteiger partial charge in [-0.3, -0.25) is 9.78 Å². The summed E-state index contributed by atoms with van der Waals surface area (Å²) in [6.07, 6.45) is 3.44. The van der Waals surface area contributed by atoms with Crippen molar-refractivity contribution in [1.29, 1.82) is 0 Å². The Bertz CT molecular complexity index is 456. The fourth-order valence-electron chi connectivity index (χ4n) is 1.48. The number of halogens is 1. The van der Waals surface area contributed by atoms with Crippen LogP contribution in [-0.2, 0) is 4.74 Å². The summed E-state index contributed by atoms with van der Waals surface area (Å²) in [4.78, 5) is 18.2. The monoisotopic (exact) mass is 301 g/mol. The van der Waals surface area contributed by atoms with Crippen LogP contribution in [0.5, 0.6) is 0 Å². The van der Waals surface area contributed by atoms with Gasteiger partial charge in [-0.15, -0.1) is 0 Å². The number of ether oxygens (including phenoxy) is 1. The molecule has 7 heteroatoms. The lowest BCUT2D eigenvalue weighted by molar-refractivity contribution is 0.0701. The highest BCUT2D eigenvalue weighted by Crippen LogP contribution is 2.16. The van der Waals surface area contributed by atoms with Gasteiger partial charge in [0.25, 0.3) is 5.91 Å². The van der Waals surface area contributed by atoms with Gasteiger partial charge in [0, 0.05) is 39.0 Å².